The lowest BCUT2D eigenvalue weighted by Gasteiger charge is -2.19. The van der Waals surface area contributed by atoms with Crippen LogP contribution in [0.2, 0.25) is 0 Å². The first-order chi connectivity index (χ1) is 15.5. The molecule has 0 atom stereocenters. The van der Waals surface area contributed by atoms with Crippen LogP contribution in [0.15, 0.2) is 48.6 Å². The molecule has 2 rings (SSSR count). The summed E-state index contributed by atoms with van der Waals surface area (Å²) in [6.45, 7) is 5.01. The Morgan fingerprint density at radius 3 is 1.75 bits per heavy atom. The van der Waals surface area contributed by atoms with Crippen molar-refractivity contribution in [3.05, 3.63) is 59.7 Å². The van der Waals surface area contributed by atoms with Gasteiger partial charge in [-0.3, -0.25) is 4.90 Å². The number of unbranched alkanes of at least 4 members (excludes halogenated alkanes) is 1. The second kappa shape index (κ2) is 14.1. The Hall–Kier alpha value is -3.00. The van der Waals surface area contributed by atoms with E-state index in [2.05, 4.69) is 10.2 Å². The van der Waals surface area contributed by atoms with Crippen molar-refractivity contribution >= 4 is 12.2 Å². The molecule has 0 saturated heterocycles. The predicted octanol–water partition coefficient (Wildman–Crippen LogP) is 3.26. The molecule has 7 N–H and O–H groups in total. The van der Waals surface area contributed by atoms with E-state index >= 15 is 0 Å². The summed E-state index contributed by atoms with van der Waals surface area (Å²) in [5.41, 5.74) is 7.14. The number of rotatable bonds is 14. The average Bonchev–Trinajstić information content (AvgIpc) is 2.77. The molecule has 0 bridgehead atoms. The summed E-state index contributed by atoms with van der Waals surface area (Å²) in [5.74, 6) is -0.527. The molecule has 0 spiro atoms. The summed E-state index contributed by atoms with van der Waals surface area (Å²) >= 11 is 0. The lowest BCUT2D eigenvalue weighted by atomic mass is 10.1. The molecule has 0 amide bonds. The van der Waals surface area contributed by atoms with Crippen LogP contribution in [0.1, 0.15) is 30.4 Å². The van der Waals surface area contributed by atoms with E-state index in [1.54, 1.807) is 12.1 Å². The van der Waals surface area contributed by atoms with Gasteiger partial charge in [0.2, 0.25) is 0 Å². The van der Waals surface area contributed by atoms with Gasteiger partial charge < -0.3 is 31.5 Å². The van der Waals surface area contributed by atoms with Crippen molar-refractivity contribution in [3.63, 3.8) is 0 Å². The van der Waals surface area contributed by atoms with Gasteiger partial charge in [0.05, 0.1) is 0 Å². The zero-order valence-electron chi connectivity index (χ0n) is 18.5. The fourth-order valence-corrected chi connectivity index (χ4v) is 3.16. The van der Waals surface area contributed by atoms with Crippen LogP contribution < -0.4 is 11.1 Å². The number of hydrogen-bond donors (Lipinski definition) is 6. The molecule has 0 radical (unpaired) electrons. The molecule has 0 aliphatic rings. The van der Waals surface area contributed by atoms with E-state index in [1.165, 1.54) is 24.3 Å². The molecular formula is C25H35N3O4. The van der Waals surface area contributed by atoms with Gasteiger partial charge in [-0.1, -0.05) is 36.4 Å². The van der Waals surface area contributed by atoms with E-state index < -0.39 is 0 Å². The Bertz CT molecular complexity index is 820. The number of phenols is 4. The third kappa shape index (κ3) is 9.43. The zero-order chi connectivity index (χ0) is 23.2. The number of hydrogen-bond acceptors (Lipinski definition) is 7. The number of nitrogens with two attached hydrogens (primary N) is 1. The first-order valence-corrected chi connectivity index (χ1v) is 11.0. The summed E-state index contributed by atoms with van der Waals surface area (Å²) < 4.78 is 0. The minimum absolute atomic E-state index is 0.130. The lowest BCUT2D eigenvalue weighted by Crippen LogP contribution is -2.26. The molecule has 0 saturated carbocycles. The maximum atomic E-state index is 9.64. The summed E-state index contributed by atoms with van der Waals surface area (Å²) in [6, 6.07) is 9.50. The fourth-order valence-electron chi connectivity index (χ4n) is 3.16. The number of nitrogens with zero attached hydrogens (tertiary/aromatic N) is 1. The summed E-state index contributed by atoms with van der Waals surface area (Å²) in [6.07, 6.45) is 11.0. The standard InChI is InChI=1S/C25H35N3O4/c26-12-5-14-27-13-1-2-15-28(16-3-6-20-8-10-22(29)24(31)18-20)17-4-7-21-9-11-23(30)25(32)19-21/h3-4,6-11,18-19,27,29-32H,1-2,5,12-17,26H2/b6-3+,7-4+. The Labute approximate surface area is 190 Å². The molecule has 0 aromatic heterocycles. The van der Waals surface area contributed by atoms with Crippen LogP contribution in [0.4, 0.5) is 0 Å². The smallest absolute Gasteiger partial charge is 0.157 e. The number of aromatic hydroxyl groups is 4. The van der Waals surface area contributed by atoms with Crippen molar-refractivity contribution in [1.82, 2.24) is 10.2 Å². The Kier molecular flexibility index (Phi) is 11.2. The number of benzene rings is 2. The van der Waals surface area contributed by atoms with E-state index in [-0.39, 0.29) is 23.0 Å². The lowest BCUT2D eigenvalue weighted by molar-refractivity contribution is 0.326. The fraction of sp³-hybridized carbons (Fsp3) is 0.360. The third-order valence-electron chi connectivity index (χ3n) is 4.98. The van der Waals surface area contributed by atoms with Gasteiger partial charge in [-0.2, -0.15) is 0 Å². The van der Waals surface area contributed by atoms with Gasteiger partial charge in [-0.15, -0.1) is 0 Å². The van der Waals surface area contributed by atoms with Crippen molar-refractivity contribution in [2.45, 2.75) is 19.3 Å². The van der Waals surface area contributed by atoms with Crippen molar-refractivity contribution in [3.8, 4) is 23.0 Å². The van der Waals surface area contributed by atoms with Gasteiger partial charge in [-0.25, -0.2) is 0 Å². The van der Waals surface area contributed by atoms with Crippen LogP contribution in [-0.4, -0.2) is 64.6 Å². The molecule has 2 aromatic carbocycles. The monoisotopic (exact) mass is 441 g/mol. The maximum Gasteiger partial charge on any atom is 0.157 e. The molecule has 32 heavy (non-hydrogen) atoms. The molecule has 2 aromatic rings. The topological polar surface area (TPSA) is 122 Å². The predicted molar refractivity (Wildman–Crippen MR) is 130 cm³/mol. The largest absolute Gasteiger partial charge is 0.504 e. The van der Waals surface area contributed by atoms with E-state index in [4.69, 9.17) is 5.73 Å². The van der Waals surface area contributed by atoms with Crippen molar-refractivity contribution in [1.29, 1.82) is 0 Å². The molecule has 7 heteroatoms. The molecule has 174 valence electrons. The van der Waals surface area contributed by atoms with Gasteiger partial charge in [-0.05, 0) is 80.8 Å². The van der Waals surface area contributed by atoms with Crippen LogP contribution in [-0.2, 0) is 0 Å². The number of phenolic OH excluding ortho intramolecular Hbond substituents is 4. The summed E-state index contributed by atoms with van der Waals surface area (Å²) in [7, 11) is 0. The summed E-state index contributed by atoms with van der Waals surface area (Å²) in [5, 5.41) is 41.6. The van der Waals surface area contributed by atoms with Crippen molar-refractivity contribution in [2.24, 2.45) is 5.73 Å². The Balaban J connectivity index is 1.90. The minimum Gasteiger partial charge on any atom is -0.504 e. The van der Waals surface area contributed by atoms with Crippen LogP contribution in [0, 0.1) is 0 Å². The molecule has 7 nitrogen and oxygen atoms in total. The highest BCUT2D eigenvalue weighted by Gasteiger charge is 2.03. The van der Waals surface area contributed by atoms with E-state index in [0.717, 1.165) is 63.1 Å². The molecule has 0 aliphatic carbocycles. The molecular weight excluding hydrogens is 406 g/mol. The van der Waals surface area contributed by atoms with Gasteiger partial charge >= 0.3 is 0 Å². The van der Waals surface area contributed by atoms with Crippen LogP contribution in [0.25, 0.3) is 12.2 Å². The van der Waals surface area contributed by atoms with Crippen molar-refractivity contribution < 1.29 is 20.4 Å². The third-order valence-corrected chi connectivity index (χ3v) is 4.98. The molecule has 0 heterocycles. The minimum atomic E-state index is -0.133. The van der Waals surface area contributed by atoms with Crippen LogP contribution in [0.5, 0.6) is 23.0 Å². The van der Waals surface area contributed by atoms with E-state index in [9.17, 15) is 20.4 Å². The first-order valence-electron chi connectivity index (χ1n) is 11.0. The number of nitrogens with one attached hydrogen (secondary N) is 1. The zero-order valence-corrected chi connectivity index (χ0v) is 18.5. The Morgan fingerprint density at radius 2 is 1.25 bits per heavy atom. The van der Waals surface area contributed by atoms with Crippen LogP contribution in [0.3, 0.4) is 0 Å². The highest BCUT2D eigenvalue weighted by atomic mass is 16.3. The first kappa shape index (κ1) is 25.3. The molecule has 0 fully saturated rings. The van der Waals surface area contributed by atoms with Gasteiger partial charge in [0.1, 0.15) is 0 Å². The maximum absolute atomic E-state index is 9.64. The molecule has 0 aliphatic heterocycles. The van der Waals surface area contributed by atoms with Crippen molar-refractivity contribution in [2.75, 3.05) is 39.3 Å². The average molecular weight is 442 g/mol. The second-order valence-electron chi connectivity index (χ2n) is 7.66. The summed E-state index contributed by atoms with van der Waals surface area (Å²) in [4.78, 5) is 2.30. The van der Waals surface area contributed by atoms with Gasteiger partial charge in [0, 0.05) is 13.1 Å². The normalized spacial score (nSPS) is 11.8. The Morgan fingerprint density at radius 1 is 0.719 bits per heavy atom. The van der Waals surface area contributed by atoms with Gasteiger partial charge in [0.15, 0.2) is 23.0 Å². The van der Waals surface area contributed by atoms with E-state index in [0.29, 0.717) is 6.54 Å². The van der Waals surface area contributed by atoms with Crippen LogP contribution >= 0.6 is 0 Å². The SMILES string of the molecule is NCCCNCCCCN(C/C=C/c1ccc(O)c(O)c1)C/C=C/c1ccc(O)c(O)c1. The highest BCUT2D eigenvalue weighted by molar-refractivity contribution is 5.56. The van der Waals surface area contributed by atoms with E-state index in [1.807, 2.05) is 24.3 Å². The molecule has 0 unspecified atom stereocenters. The quantitative estimate of drug-likeness (QED) is 0.196. The highest BCUT2D eigenvalue weighted by Crippen LogP contribution is 2.26. The van der Waals surface area contributed by atoms with Gasteiger partial charge in [0.25, 0.3) is 0 Å². The second-order valence-corrected chi connectivity index (χ2v) is 7.66.